The number of hydrogen-bond donors (Lipinski definition) is 1. The Morgan fingerprint density at radius 3 is 2.56 bits per heavy atom. The van der Waals surface area contributed by atoms with Crippen LogP contribution in [0.4, 0.5) is 17.6 Å². The zero-order valence-electron chi connectivity index (χ0n) is 10.1. The van der Waals surface area contributed by atoms with Gasteiger partial charge in [0.1, 0.15) is 5.75 Å². The highest BCUT2D eigenvalue weighted by molar-refractivity contribution is 5.40. The lowest BCUT2D eigenvalue weighted by Gasteiger charge is -2.19. The molecule has 102 valence electrons. The van der Waals surface area contributed by atoms with Crippen molar-refractivity contribution in [3.8, 4) is 5.75 Å². The highest BCUT2D eigenvalue weighted by Crippen LogP contribution is 2.28. The predicted molar refractivity (Wildman–Crippen MR) is 60.4 cm³/mol. The summed E-state index contributed by atoms with van der Waals surface area (Å²) in [6.07, 6.45) is -3.73. The van der Waals surface area contributed by atoms with E-state index in [2.05, 4.69) is 5.32 Å². The van der Waals surface area contributed by atoms with Crippen LogP contribution in [0.1, 0.15) is 11.1 Å². The second-order valence-corrected chi connectivity index (χ2v) is 3.94. The maximum Gasteiger partial charge on any atom is 0.340 e. The largest absolute Gasteiger partial charge is 0.486 e. The molecule has 0 heterocycles. The third kappa shape index (κ3) is 3.60. The quantitative estimate of drug-likeness (QED) is 0.798. The summed E-state index contributed by atoms with van der Waals surface area (Å²) in [4.78, 5) is 0. The van der Waals surface area contributed by atoms with Crippen molar-refractivity contribution < 1.29 is 22.3 Å². The summed E-state index contributed by atoms with van der Waals surface area (Å²) in [6.45, 7) is 0.762. The first kappa shape index (κ1) is 14.8. The first-order valence-corrected chi connectivity index (χ1v) is 5.40. The van der Waals surface area contributed by atoms with Gasteiger partial charge in [0.25, 0.3) is 0 Å². The van der Waals surface area contributed by atoms with E-state index in [1.54, 1.807) is 32.2 Å². The minimum Gasteiger partial charge on any atom is -0.486 e. The van der Waals surface area contributed by atoms with E-state index >= 15 is 0 Å². The van der Waals surface area contributed by atoms with E-state index in [4.69, 9.17) is 4.74 Å². The molecule has 0 amide bonds. The van der Waals surface area contributed by atoms with Gasteiger partial charge in [0, 0.05) is 12.1 Å². The van der Waals surface area contributed by atoms with Crippen molar-refractivity contribution >= 4 is 0 Å². The summed E-state index contributed by atoms with van der Waals surface area (Å²) in [5, 5.41) is 2.86. The van der Waals surface area contributed by atoms with E-state index < -0.39 is 19.0 Å². The van der Waals surface area contributed by atoms with Gasteiger partial charge in [0.05, 0.1) is 0 Å². The average Bonchev–Trinajstić information content (AvgIpc) is 2.28. The summed E-state index contributed by atoms with van der Waals surface area (Å²) < 4.78 is 54.5. The Labute approximate surface area is 103 Å². The summed E-state index contributed by atoms with van der Waals surface area (Å²) in [5.41, 5.74) is 1.29. The molecule has 1 N–H and O–H groups in total. The number of halogens is 4. The lowest BCUT2D eigenvalue weighted by molar-refractivity contribution is -0.148. The van der Waals surface area contributed by atoms with Crippen molar-refractivity contribution in [1.29, 1.82) is 0 Å². The monoisotopic (exact) mass is 265 g/mol. The topological polar surface area (TPSA) is 21.3 Å². The smallest absolute Gasteiger partial charge is 0.340 e. The van der Waals surface area contributed by atoms with E-state index in [0.29, 0.717) is 17.7 Å². The van der Waals surface area contributed by atoms with Crippen LogP contribution in [0.5, 0.6) is 5.75 Å². The van der Waals surface area contributed by atoms with Gasteiger partial charge in [-0.2, -0.15) is 8.78 Å². The van der Waals surface area contributed by atoms with Gasteiger partial charge in [-0.3, -0.25) is 0 Å². The molecule has 0 aliphatic carbocycles. The maximum atomic E-state index is 12.8. The Kier molecular flexibility index (Phi) is 4.95. The molecule has 6 heteroatoms. The molecule has 1 rings (SSSR count). The molecule has 0 unspecified atom stereocenters. The number of aryl methyl sites for hydroxylation is 1. The number of nitrogens with one attached hydrogen (secondary N) is 1. The Bertz CT molecular complexity index is 396. The van der Waals surface area contributed by atoms with Gasteiger partial charge >= 0.3 is 12.3 Å². The SMILES string of the molecule is CNCc1cccc(C)c1OCC(F)(F)C(F)F. The fourth-order valence-electron chi connectivity index (χ4n) is 1.48. The summed E-state index contributed by atoms with van der Waals surface area (Å²) >= 11 is 0. The standard InChI is InChI=1S/C12H15F4NO/c1-8-4-3-5-9(6-17-2)10(8)18-7-12(15,16)11(13)14/h3-5,11,17H,6-7H2,1-2H3. The van der Waals surface area contributed by atoms with Crippen LogP contribution in [0.3, 0.4) is 0 Å². The summed E-state index contributed by atoms with van der Waals surface area (Å²) in [6, 6.07) is 5.12. The van der Waals surface area contributed by atoms with Gasteiger partial charge in [-0.1, -0.05) is 18.2 Å². The molecule has 0 bridgehead atoms. The van der Waals surface area contributed by atoms with Crippen LogP contribution in [0.2, 0.25) is 0 Å². The van der Waals surface area contributed by atoms with Gasteiger partial charge in [0.2, 0.25) is 0 Å². The highest BCUT2D eigenvalue weighted by Gasteiger charge is 2.41. The van der Waals surface area contributed by atoms with E-state index in [0.717, 1.165) is 0 Å². The zero-order chi connectivity index (χ0) is 13.8. The normalized spacial score (nSPS) is 11.9. The summed E-state index contributed by atoms with van der Waals surface area (Å²) in [5.74, 6) is -3.91. The van der Waals surface area contributed by atoms with Gasteiger partial charge in [-0.25, -0.2) is 8.78 Å². The molecule has 18 heavy (non-hydrogen) atoms. The molecule has 0 spiro atoms. The van der Waals surface area contributed by atoms with Crippen molar-refractivity contribution in [2.45, 2.75) is 25.8 Å². The van der Waals surface area contributed by atoms with E-state index in [-0.39, 0.29) is 5.75 Å². The number of para-hydroxylation sites is 1. The first-order chi connectivity index (χ1) is 8.38. The molecule has 0 aromatic heterocycles. The van der Waals surface area contributed by atoms with E-state index in [1.165, 1.54) is 0 Å². The molecular formula is C12H15F4NO. The van der Waals surface area contributed by atoms with Crippen molar-refractivity contribution in [2.75, 3.05) is 13.7 Å². The fraction of sp³-hybridized carbons (Fsp3) is 0.500. The number of benzene rings is 1. The number of ether oxygens (including phenoxy) is 1. The van der Waals surface area contributed by atoms with Crippen molar-refractivity contribution in [2.24, 2.45) is 0 Å². The third-order valence-corrected chi connectivity index (χ3v) is 2.39. The lowest BCUT2D eigenvalue weighted by atomic mass is 10.1. The van der Waals surface area contributed by atoms with Crippen molar-refractivity contribution in [3.63, 3.8) is 0 Å². The number of hydrogen-bond acceptors (Lipinski definition) is 2. The molecule has 1 aromatic carbocycles. The molecule has 1 aromatic rings. The Morgan fingerprint density at radius 1 is 1.33 bits per heavy atom. The zero-order valence-corrected chi connectivity index (χ0v) is 10.1. The Balaban J connectivity index is 2.84. The Hall–Kier alpha value is -1.30. The number of rotatable bonds is 6. The van der Waals surface area contributed by atoms with Crippen LogP contribution in [0.25, 0.3) is 0 Å². The van der Waals surface area contributed by atoms with Crippen molar-refractivity contribution in [3.05, 3.63) is 29.3 Å². The molecule has 0 aliphatic heterocycles. The van der Waals surface area contributed by atoms with Crippen LogP contribution in [0, 0.1) is 6.92 Å². The van der Waals surface area contributed by atoms with Gasteiger partial charge in [-0.15, -0.1) is 0 Å². The van der Waals surface area contributed by atoms with Crippen LogP contribution in [0.15, 0.2) is 18.2 Å². The maximum absolute atomic E-state index is 12.8. The minimum absolute atomic E-state index is 0.229. The molecular weight excluding hydrogens is 250 g/mol. The summed E-state index contributed by atoms with van der Waals surface area (Å²) in [7, 11) is 1.69. The second-order valence-electron chi connectivity index (χ2n) is 3.94. The Morgan fingerprint density at radius 2 is 2.00 bits per heavy atom. The molecule has 0 saturated heterocycles. The van der Waals surface area contributed by atoms with Gasteiger partial charge in [-0.05, 0) is 19.5 Å². The second kappa shape index (κ2) is 6.04. The predicted octanol–water partition coefficient (Wildman–Crippen LogP) is 2.99. The molecule has 0 fully saturated rings. The van der Waals surface area contributed by atoms with Crippen LogP contribution >= 0.6 is 0 Å². The number of alkyl halides is 4. The van der Waals surface area contributed by atoms with Crippen molar-refractivity contribution in [1.82, 2.24) is 5.32 Å². The fourth-order valence-corrected chi connectivity index (χ4v) is 1.48. The molecule has 0 atom stereocenters. The van der Waals surface area contributed by atoms with Crippen LogP contribution in [-0.2, 0) is 6.54 Å². The minimum atomic E-state index is -4.14. The highest BCUT2D eigenvalue weighted by atomic mass is 19.3. The van der Waals surface area contributed by atoms with Crippen LogP contribution < -0.4 is 10.1 Å². The van der Waals surface area contributed by atoms with E-state index in [9.17, 15) is 17.6 Å². The van der Waals surface area contributed by atoms with Crippen LogP contribution in [-0.4, -0.2) is 26.0 Å². The molecule has 2 nitrogen and oxygen atoms in total. The average molecular weight is 265 g/mol. The first-order valence-electron chi connectivity index (χ1n) is 5.40. The van der Waals surface area contributed by atoms with Gasteiger partial charge < -0.3 is 10.1 Å². The molecule has 0 radical (unpaired) electrons. The van der Waals surface area contributed by atoms with E-state index in [1.807, 2.05) is 0 Å². The third-order valence-electron chi connectivity index (χ3n) is 2.39. The molecule has 0 saturated carbocycles. The van der Waals surface area contributed by atoms with Gasteiger partial charge in [0.15, 0.2) is 6.61 Å². The lowest BCUT2D eigenvalue weighted by Crippen LogP contribution is -2.34. The molecule has 0 aliphatic rings.